The number of hydrogen-bond acceptors (Lipinski definition) is 3. The van der Waals surface area contributed by atoms with E-state index < -0.39 is 28.2 Å². The predicted octanol–water partition coefficient (Wildman–Crippen LogP) is 2.38. The number of rotatable bonds is 8. The van der Waals surface area contributed by atoms with Gasteiger partial charge in [0.1, 0.15) is 6.54 Å². The van der Waals surface area contributed by atoms with Gasteiger partial charge in [0.05, 0.1) is 11.9 Å². The lowest BCUT2D eigenvalue weighted by molar-refractivity contribution is -0.129. The molecule has 0 aliphatic carbocycles. The van der Waals surface area contributed by atoms with Crippen LogP contribution in [-0.2, 0) is 14.8 Å². The maximum atomic E-state index is 13.4. The maximum absolute atomic E-state index is 13.4. The third kappa shape index (κ3) is 5.46. The van der Waals surface area contributed by atoms with Crippen LogP contribution in [-0.4, -0.2) is 45.1 Å². The van der Waals surface area contributed by atoms with Gasteiger partial charge in [0.2, 0.25) is 15.9 Å². The quantitative estimate of drug-likeness (QED) is 0.725. The van der Waals surface area contributed by atoms with E-state index in [-0.39, 0.29) is 11.6 Å². The highest BCUT2D eigenvalue weighted by Crippen LogP contribution is 2.20. The highest BCUT2D eigenvalue weighted by molar-refractivity contribution is 7.92. The predicted molar refractivity (Wildman–Crippen MR) is 85.7 cm³/mol. The van der Waals surface area contributed by atoms with Crippen LogP contribution in [0, 0.1) is 11.6 Å². The molecule has 0 N–H and O–H groups in total. The molecule has 1 rings (SSSR count). The highest BCUT2D eigenvalue weighted by atomic mass is 32.2. The smallest absolute Gasteiger partial charge is 0.243 e. The first-order chi connectivity index (χ1) is 10.7. The summed E-state index contributed by atoms with van der Waals surface area (Å²) in [4.78, 5) is 13.9. The van der Waals surface area contributed by atoms with Gasteiger partial charge in [-0.05, 0) is 25.0 Å². The fraction of sp³-hybridized carbons (Fsp3) is 0.533. The number of sulfonamides is 1. The number of carbonyl (C=O) groups excluding carboxylic acids is 1. The van der Waals surface area contributed by atoms with Crippen molar-refractivity contribution in [2.45, 2.75) is 26.7 Å². The van der Waals surface area contributed by atoms with Crippen LogP contribution in [0.2, 0.25) is 0 Å². The van der Waals surface area contributed by atoms with Gasteiger partial charge in [0.15, 0.2) is 11.6 Å². The Morgan fingerprint density at radius 3 is 2.09 bits per heavy atom. The molecule has 1 aromatic carbocycles. The van der Waals surface area contributed by atoms with E-state index in [1.807, 2.05) is 13.8 Å². The minimum absolute atomic E-state index is 0.0762. The summed E-state index contributed by atoms with van der Waals surface area (Å²) in [6, 6.07) is 2.74. The molecule has 0 aromatic heterocycles. The number of amides is 1. The van der Waals surface area contributed by atoms with Crippen molar-refractivity contribution in [2.24, 2.45) is 0 Å². The first-order valence-electron chi connectivity index (χ1n) is 7.41. The molecule has 0 heterocycles. The van der Waals surface area contributed by atoms with Crippen LogP contribution in [0.25, 0.3) is 0 Å². The van der Waals surface area contributed by atoms with Crippen LogP contribution in [0.15, 0.2) is 18.2 Å². The summed E-state index contributed by atoms with van der Waals surface area (Å²) in [6.07, 6.45) is 2.41. The molecular formula is C15H22F2N2O3S. The first kappa shape index (κ1) is 19.3. The molecule has 0 fully saturated rings. The van der Waals surface area contributed by atoms with Crippen LogP contribution in [0.1, 0.15) is 26.7 Å². The number of nitrogens with zero attached hydrogens (tertiary/aromatic N) is 2. The van der Waals surface area contributed by atoms with Gasteiger partial charge >= 0.3 is 0 Å². The third-order valence-electron chi connectivity index (χ3n) is 3.21. The molecule has 0 spiro atoms. The molecule has 5 nitrogen and oxygen atoms in total. The van der Waals surface area contributed by atoms with Crippen LogP contribution < -0.4 is 4.31 Å². The summed E-state index contributed by atoms with van der Waals surface area (Å²) in [5.74, 6) is -2.61. The summed E-state index contributed by atoms with van der Waals surface area (Å²) in [5, 5.41) is 0. The third-order valence-corrected chi connectivity index (χ3v) is 4.35. The van der Waals surface area contributed by atoms with Gasteiger partial charge in [-0.2, -0.15) is 0 Å². The average molecular weight is 348 g/mol. The molecular weight excluding hydrogens is 326 g/mol. The Balaban J connectivity index is 3.08. The van der Waals surface area contributed by atoms with Crippen LogP contribution >= 0.6 is 0 Å². The van der Waals surface area contributed by atoms with Crippen molar-refractivity contribution in [2.75, 3.05) is 30.2 Å². The largest absolute Gasteiger partial charge is 0.341 e. The molecule has 0 atom stereocenters. The number of carbonyl (C=O) groups is 1. The van der Waals surface area contributed by atoms with E-state index in [0.717, 1.165) is 41.6 Å². The molecule has 23 heavy (non-hydrogen) atoms. The monoisotopic (exact) mass is 348 g/mol. The minimum Gasteiger partial charge on any atom is -0.341 e. The standard InChI is InChI=1S/C15H22F2N2O3S/c1-4-8-18(9-5-2)15(20)11-19(23(3,21)22)12-6-7-13(16)14(17)10-12/h6-7,10H,4-5,8-9,11H2,1-3H3. The second-order valence-corrected chi connectivity index (χ2v) is 7.16. The van der Waals surface area contributed by atoms with Gasteiger partial charge in [-0.25, -0.2) is 17.2 Å². The Morgan fingerprint density at radius 2 is 1.65 bits per heavy atom. The van der Waals surface area contributed by atoms with Crippen molar-refractivity contribution in [1.29, 1.82) is 0 Å². The van der Waals surface area contributed by atoms with Crippen molar-refractivity contribution < 1.29 is 22.0 Å². The summed E-state index contributed by atoms with van der Waals surface area (Å²) >= 11 is 0. The Morgan fingerprint density at radius 1 is 1.09 bits per heavy atom. The topological polar surface area (TPSA) is 57.7 Å². The fourth-order valence-corrected chi connectivity index (χ4v) is 3.01. The van der Waals surface area contributed by atoms with E-state index >= 15 is 0 Å². The van der Waals surface area contributed by atoms with E-state index in [0.29, 0.717) is 13.1 Å². The molecule has 1 amide bonds. The van der Waals surface area contributed by atoms with Gasteiger partial charge in [-0.15, -0.1) is 0 Å². The van der Waals surface area contributed by atoms with Crippen LogP contribution in [0.5, 0.6) is 0 Å². The van der Waals surface area contributed by atoms with E-state index in [9.17, 15) is 22.0 Å². The second-order valence-electron chi connectivity index (χ2n) is 5.25. The van der Waals surface area contributed by atoms with Gasteiger partial charge in [0.25, 0.3) is 0 Å². The molecule has 0 saturated carbocycles. The van der Waals surface area contributed by atoms with Crippen molar-refractivity contribution in [1.82, 2.24) is 4.90 Å². The first-order valence-corrected chi connectivity index (χ1v) is 9.26. The molecule has 130 valence electrons. The summed E-state index contributed by atoms with van der Waals surface area (Å²) in [7, 11) is -3.81. The van der Waals surface area contributed by atoms with E-state index in [1.165, 1.54) is 0 Å². The molecule has 0 saturated heterocycles. The number of hydrogen-bond donors (Lipinski definition) is 0. The lowest BCUT2D eigenvalue weighted by Gasteiger charge is -2.27. The van der Waals surface area contributed by atoms with Crippen LogP contribution in [0.3, 0.4) is 0 Å². The zero-order valence-electron chi connectivity index (χ0n) is 13.6. The van der Waals surface area contributed by atoms with Crippen LogP contribution in [0.4, 0.5) is 14.5 Å². The molecule has 8 heteroatoms. The molecule has 0 aliphatic heterocycles. The minimum atomic E-state index is -3.81. The van der Waals surface area contributed by atoms with E-state index in [4.69, 9.17) is 0 Å². The average Bonchev–Trinajstić information content (AvgIpc) is 2.46. The Kier molecular flexibility index (Phi) is 6.93. The van der Waals surface area contributed by atoms with Crippen molar-refractivity contribution >= 4 is 21.6 Å². The molecule has 0 bridgehead atoms. The Bertz CT molecular complexity index is 644. The normalized spacial score (nSPS) is 11.3. The SMILES string of the molecule is CCCN(CCC)C(=O)CN(c1ccc(F)c(F)c1)S(C)(=O)=O. The summed E-state index contributed by atoms with van der Waals surface area (Å²) in [6.45, 7) is 4.42. The molecule has 0 aliphatic rings. The second kappa shape index (κ2) is 8.24. The Hall–Kier alpha value is -1.70. The molecule has 1 aromatic rings. The van der Waals surface area contributed by atoms with Gasteiger partial charge in [0, 0.05) is 19.2 Å². The summed E-state index contributed by atoms with van der Waals surface area (Å²) in [5.41, 5.74) is -0.0762. The highest BCUT2D eigenvalue weighted by Gasteiger charge is 2.24. The number of anilines is 1. The lowest BCUT2D eigenvalue weighted by atomic mass is 10.3. The summed E-state index contributed by atoms with van der Waals surface area (Å²) < 4.78 is 51.1. The Labute approximate surface area is 135 Å². The van der Waals surface area contributed by atoms with Gasteiger partial charge in [-0.3, -0.25) is 9.10 Å². The fourth-order valence-electron chi connectivity index (χ4n) is 2.16. The van der Waals surface area contributed by atoms with Gasteiger partial charge < -0.3 is 4.90 Å². The molecule has 0 radical (unpaired) electrons. The van der Waals surface area contributed by atoms with E-state index in [2.05, 4.69) is 0 Å². The van der Waals surface area contributed by atoms with Crippen molar-refractivity contribution in [3.8, 4) is 0 Å². The van der Waals surface area contributed by atoms with Gasteiger partial charge in [-0.1, -0.05) is 13.8 Å². The zero-order chi connectivity index (χ0) is 17.6. The van der Waals surface area contributed by atoms with E-state index in [1.54, 1.807) is 4.90 Å². The number of halogens is 2. The zero-order valence-corrected chi connectivity index (χ0v) is 14.4. The lowest BCUT2D eigenvalue weighted by Crippen LogP contribution is -2.43. The number of benzene rings is 1. The van der Waals surface area contributed by atoms with Crippen molar-refractivity contribution in [3.05, 3.63) is 29.8 Å². The molecule has 0 unspecified atom stereocenters. The maximum Gasteiger partial charge on any atom is 0.243 e. The van der Waals surface area contributed by atoms with Crippen molar-refractivity contribution in [3.63, 3.8) is 0 Å².